The van der Waals surface area contributed by atoms with Gasteiger partial charge >= 0.3 is 0 Å². The van der Waals surface area contributed by atoms with E-state index in [2.05, 4.69) is 9.97 Å². The first-order chi connectivity index (χ1) is 8.76. The number of hydrogen-bond donors (Lipinski definition) is 0. The summed E-state index contributed by atoms with van der Waals surface area (Å²) in [5.74, 6) is 1.24. The minimum Gasteiger partial charge on any atom is -0.495 e. The Morgan fingerprint density at radius 2 is 1.89 bits per heavy atom. The summed E-state index contributed by atoms with van der Waals surface area (Å²) in [6.45, 7) is 0. The van der Waals surface area contributed by atoms with Gasteiger partial charge in [0.1, 0.15) is 5.75 Å². The lowest BCUT2D eigenvalue weighted by molar-refractivity contribution is 0.112. The number of hydrogen-bond acceptors (Lipinski definition) is 5. The molecule has 5 nitrogen and oxygen atoms in total. The Labute approximate surface area is 105 Å². The highest BCUT2D eigenvalue weighted by Crippen LogP contribution is 2.29. The highest BCUT2D eigenvalue weighted by atomic mass is 16.5. The summed E-state index contributed by atoms with van der Waals surface area (Å²) >= 11 is 0. The predicted octanol–water partition coefficient (Wildman–Crippen LogP) is 2.07. The molecule has 0 saturated carbocycles. The van der Waals surface area contributed by atoms with Crippen molar-refractivity contribution in [2.75, 3.05) is 19.1 Å². The van der Waals surface area contributed by atoms with Crippen LogP contribution in [-0.2, 0) is 0 Å². The van der Waals surface area contributed by atoms with Gasteiger partial charge in [0.05, 0.1) is 18.4 Å². The molecule has 18 heavy (non-hydrogen) atoms. The van der Waals surface area contributed by atoms with Crippen LogP contribution in [0, 0.1) is 0 Å². The largest absolute Gasteiger partial charge is 0.495 e. The van der Waals surface area contributed by atoms with Crippen LogP contribution in [-0.4, -0.2) is 30.4 Å². The van der Waals surface area contributed by atoms with E-state index < -0.39 is 0 Å². The van der Waals surface area contributed by atoms with Crippen LogP contribution in [0.15, 0.2) is 36.7 Å². The normalized spacial score (nSPS) is 9.89. The number of aromatic nitrogens is 2. The van der Waals surface area contributed by atoms with Crippen LogP contribution >= 0.6 is 0 Å². The van der Waals surface area contributed by atoms with Gasteiger partial charge in [0, 0.05) is 19.4 Å². The van der Waals surface area contributed by atoms with Crippen LogP contribution < -0.4 is 9.64 Å². The fourth-order valence-corrected chi connectivity index (χ4v) is 1.58. The van der Waals surface area contributed by atoms with Crippen molar-refractivity contribution in [2.45, 2.75) is 0 Å². The average Bonchev–Trinajstić information content (AvgIpc) is 2.46. The second-order valence-electron chi connectivity index (χ2n) is 3.67. The Morgan fingerprint density at radius 3 is 2.50 bits per heavy atom. The summed E-state index contributed by atoms with van der Waals surface area (Å²) in [5.41, 5.74) is 1.31. The molecule has 0 N–H and O–H groups in total. The highest BCUT2D eigenvalue weighted by molar-refractivity contribution is 5.74. The molecule has 0 fully saturated rings. The molecule has 2 aromatic rings. The lowest BCUT2D eigenvalue weighted by Gasteiger charge is -2.19. The Balaban J connectivity index is 2.34. The molecule has 0 spiro atoms. The fraction of sp³-hybridized carbons (Fsp3) is 0.154. The maximum absolute atomic E-state index is 10.5. The van der Waals surface area contributed by atoms with Gasteiger partial charge in [-0.25, -0.2) is 9.97 Å². The first-order valence-electron chi connectivity index (χ1n) is 5.40. The number of para-hydroxylation sites is 2. The molecule has 1 heterocycles. The molecule has 0 bridgehead atoms. The third-order valence-electron chi connectivity index (χ3n) is 2.54. The van der Waals surface area contributed by atoms with Crippen LogP contribution in [0.4, 0.5) is 11.6 Å². The molecule has 0 aliphatic rings. The van der Waals surface area contributed by atoms with E-state index in [0.29, 0.717) is 17.8 Å². The number of benzene rings is 1. The molecular weight excluding hydrogens is 230 g/mol. The summed E-state index contributed by atoms with van der Waals surface area (Å²) in [6, 6.07) is 7.59. The van der Waals surface area contributed by atoms with E-state index in [4.69, 9.17) is 4.74 Å². The van der Waals surface area contributed by atoms with Gasteiger partial charge in [-0.2, -0.15) is 0 Å². The smallest absolute Gasteiger partial charge is 0.229 e. The predicted molar refractivity (Wildman–Crippen MR) is 68.5 cm³/mol. The molecule has 1 aromatic carbocycles. The van der Waals surface area contributed by atoms with E-state index in [0.717, 1.165) is 11.4 Å². The monoisotopic (exact) mass is 243 g/mol. The van der Waals surface area contributed by atoms with Gasteiger partial charge in [-0.15, -0.1) is 0 Å². The van der Waals surface area contributed by atoms with Gasteiger partial charge in [-0.1, -0.05) is 12.1 Å². The zero-order valence-corrected chi connectivity index (χ0v) is 10.2. The van der Waals surface area contributed by atoms with Gasteiger partial charge in [0.2, 0.25) is 5.95 Å². The zero-order chi connectivity index (χ0) is 13.0. The molecule has 5 heteroatoms. The quantitative estimate of drug-likeness (QED) is 0.769. The molecule has 0 amide bonds. The molecular formula is C13H13N3O2. The van der Waals surface area contributed by atoms with Crippen molar-refractivity contribution in [2.24, 2.45) is 0 Å². The van der Waals surface area contributed by atoms with Gasteiger partial charge in [-0.3, -0.25) is 4.79 Å². The Kier molecular flexibility index (Phi) is 3.52. The SMILES string of the molecule is COc1ccccc1N(C)c1ncc(C=O)cn1. The van der Waals surface area contributed by atoms with E-state index in [1.807, 2.05) is 31.3 Å². The van der Waals surface area contributed by atoms with Crippen LogP contribution in [0.2, 0.25) is 0 Å². The van der Waals surface area contributed by atoms with Gasteiger partial charge in [0.25, 0.3) is 0 Å². The fourth-order valence-electron chi connectivity index (χ4n) is 1.58. The third kappa shape index (κ3) is 2.29. The second kappa shape index (κ2) is 5.27. The maximum atomic E-state index is 10.5. The third-order valence-corrected chi connectivity index (χ3v) is 2.54. The van der Waals surface area contributed by atoms with Crippen molar-refractivity contribution in [3.05, 3.63) is 42.2 Å². The number of aldehydes is 1. The number of ether oxygens (including phenoxy) is 1. The summed E-state index contributed by atoms with van der Waals surface area (Å²) in [7, 11) is 3.46. The molecule has 0 atom stereocenters. The maximum Gasteiger partial charge on any atom is 0.229 e. The molecule has 0 aliphatic carbocycles. The minimum atomic E-state index is 0.451. The highest BCUT2D eigenvalue weighted by Gasteiger charge is 2.11. The number of anilines is 2. The molecule has 2 rings (SSSR count). The van der Waals surface area contributed by atoms with E-state index in [9.17, 15) is 4.79 Å². The lowest BCUT2D eigenvalue weighted by Crippen LogP contribution is -2.14. The average molecular weight is 243 g/mol. The number of rotatable bonds is 4. The van der Waals surface area contributed by atoms with Crippen LogP contribution in [0.1, 0.15) is 10.4 Å². The van der Waals surface area contributed by atoms with Crippen molar-refractivity contribution in [1.29, 1.82) is 0 Å². The Bertz CT molecular complexity index is 540. The first kappa shape index (κ1) is 12.0. The number of carbonyl (C=O) groups excluding carboxylic acids is 1. The standard InChI is InChI=1S/C13H13N3O2/c1-16(11-5-3-4-6-12(11)18-2)13-14-7-10(9-17)8-15-13/h3-9H,1-2H3. The van der Waals surface area contributed by atoms with E-state index >= 15 is 0 Å². The molecule has 0 aliphatic heterocycles. The van der Waals surface area contributed by atoms with Gasteiger partial charge in [0.15, 0.2) is 6.29 Å². The number of methoxy groups -OCH3 is 1. The number of carbonyl (C=O) groups is 1. The lowest BCUT2D eigenvalue weighted by atomic mass is 10.3. The van der Waals surface area contributed by atoms with Crippen molar-refractivity contribution in [3.8, 4) is 5.75 Å². The molecule has 0 saturated heterocycles. The molecule has 0 unspecified atom stereocenters. The molecule has 0 radical (unpaired) electrons. The van der Waals surface area contributed by atoms with Crippen LogP contribution in [0.5, 0.6) is 5.75 Å². The van der Waals surface area contributed by atoms with E-state index in [1.165, 1.54) is 12.4 Å². The Hall–Kier alpha value is -2.43. The van der Waals surface area contributed by atoms with Gasteiger partial charge in [-0.05, 0) is 12.1 Å². The Morgan fingerprint density at radius 1 is 1.22 bits per heavy atom. The van der Waals surface area contributed by atoms with Crippen molar-refractivity contribution in [1.82, 2.24) is 9.97 Å². The molecule has 92 valence electrons. The second-order valence-corrected chi connectivity index (χ2v) is 3.67. The topological polar surface area (TPSA) is 55.3 Å². The van der Waals surface area contributed by atoms with Crippen molar-refractivity contribution >= 4 is 17.9 Å². The summed E-state index contributed by atoms with van der Waals surface area (Å²) < 4.78 is 5.28. The van der Waals surface area contributed by atoms with Gasteiger partial charge < -0.3 is 9.64 Å². The van der Waals surface area contributed by atoms with E-state index in [1.54, 1.807) is 12.0 Å². The van der Waals surface area contributed by atoms with Crippen molar-refractivity contribution < 1.29 is 9.53 Å². The number of nitrogens with zero attached hydrogens (tertiary/aromatic N) is 3. The minimum absolute atomic E-state index is 0.451. The van der Waals surface area contributed by atoms with E-state index in [-0.39, 0.29) is 0 Å². The first-order valence-corrected chi connectivity index (χ1v) is 5.40. The van der Waals surface area contributed by atoms with Crippen molar-refractivity contribution in [3.63, 3.8) is 0 Å². The zero-order valence-electron chi connectivity index (χ0n) is 10.2. The summed E-state index contributed by atoms with van der Waals surface area (Å²) in [6.07, 6.45) is 3.69. The van der Waals surface area contributed by atoms with Crippen LogP contribution in [0.3, 0.4) is 0 Å². The summed E-state index contributed by atoms with van der Waals surface area (Å²) in [4.78, 5) is 20.6. The summed E-state index contributed by atoms with van der Waals surface area (Å²) in [5, 5.41) is 0. The molecule has 1 aromatic heterocycles. The van der Waals surface area contributed by atoms with Crippen LogP contribution in [0.25, 0.3) is 0 Å².